The van der Waals surface area contributed by atoms with Gasteiger partial charge >= 0.3 is 0 Å². The molecule has 1 rings (SSSR count). The van der Waals surface area contributed by atoms with Crippen LogP contribution in [-0.2, 0) is 4.79 Å². The maximum Gasteiger partial charge on any atom is 0.222 e. The van der Waals surface area contributed by atoms with E-state index in [-0.39, 0.29) is 11.9 Å². The molecule has 4 heteroatoms. The lowest BCUT2D eigenvalue weighted by Gasteiger charge is -2.31. The number of piperidine rings is 1. The highest BCUT2D eigenvalue weighted by Crippen LogP contribution is 2.14. The molecule has 0 saturated carbocycles. The fraction of sp³-hybridized carbons (Fsp3) is 0.818. The second-order valence-electron chi connectivity index (χ2n) is 4.16. The summed E-state index contributed by atoms with van der Waals surface area (Å²) in [5.41, 5.74) is 5.55. The maximum atomic E-state index is 11.7. The standard InChI is InChI=1S/C11H21N3O/c1-3-5-11(15)14-7-4-6-10(8-14)13-9(2)12/h10H,3-8H2,1-2H3,(H2,12,13). The molecule has 1 unspecified atom stereocenters. The molecule has 1 heterocycles. The van der Waals surface area contributed by atoms with Crippen molar-refractivity contribution in [3.63, 3.8) is 0 Å². The van der Waals surface area contributed by atoms with Crippen LogP contribution >= 0.6 is 0 Å². The Labute approximate surface area is 91.5 Å². The van der Waals surface area contributed by atoms with Crippen molar-refractivity contribution in [1.82, 2.24) is 4.90 Å². The van der Waals surface area contributed by atoms with E-state index in [9.17, 15) is 4.79 Å². The van der Waals surface area contributed by atoms with E-state index in [4.69, 9.17) is 5.73 Å². The van der Waals surface area contributed by atoms with E-state index in [0.717, 1.165) is 32.4 Å². The van der Waals surface area contributed by atoms with Gasteiger partial charge in [0.2, 0.25) is 5.91 Å². The minimum absolute atomic E-state index is 0.213. The van der Waals surface area contributed by atoms with Crippen LogP contribution in [0.4, 0.5) is 0 Å². The van der Waals surface area contributed by atoms with Gasteiger partial charge in [-0.2, -0.15) is 0 Å². The van der Waals surface area contributed by atoms with E-state index < -0.39 is 0 Å². The molecular weight excluding hydrogens is 190 g/mol. The molecule has 0 bridgehead atoms. The van der Waals surface area contributed by atoms with Crippen molar-refractivity contribution < 1.29 is 4.79 Å². The Morgan fingerprint density at radius 2 is 2.33 bits per heavy atom. The third-order valence-corrected chi connectivity index (χ3v) is 2.60. The number of amidine groups is 1. The Morgan fingerprint density at radius 3 is 2.93 bits per heavy atom. The molecule has 0 spiro atoms. The minimum atomic E-state index is 0.213. The molecule has 0 aromatic heterocycles. The molecule has 1 amide bonds. The monoisotopic (exact) mass is 211 g/mol. The number of hydrogen-bond donors (Lipinski definition) is 1. The van der Waals surface area contributed by atoms with Gasteiger partial charge in [-0.25, -0.2) is 0 Å². The van der Waals surface area contributed by atoms with E-state index in [1.165, 1.54) is 0 Å². The zero-order valence-electron chi connectivity index (χ0n) is 9.70. The van der Waals surface area contributed by atoms with Gasteiger partial charge in [0.1, 0.15) is 0 Å². The van der Waals surface area contributed by atoms with Gasteiger partial charge in [-0.3, -0.25) is 9.79 Å². The highest BCUT2D eigenvalue weighted by atomic mass is 16.2. The van der Waals surface area contributed by atoms with Gasteiger partial charge in [0.15, 0.2) is 0 Å². The molecule has 1 saturated heterocycles. The zero-order valence-corrected chi connectivity index (χ0v) is 9.70. The number of rotatable bonds is 3. The summed E-state index contributed by atoms with van der Waals surface area (Å²) < 4.78 is 0. The molecule has 1 aliphatic rings. The summed E-state index contributed by atoms with van der Waals surface area (Å²) in [6.07, 6.45) is 3.65. The van der Waals surface area contributed by atoms with Crippen molar-refractivity contribution >= 4 is 11.7 Å². The summed E-state index contributed by atoms with van der Waals surface area (Å²) >= 11 is 0. The van der Waals surface area contributed by atoms with Crippen LogP contribution in [0.2, 0.25) is 0 Å². The lowest BCUT2D eigenvalue weighted by molar-refractivity contribution is -0.132. The lowest BCUT2D eigenvalue weighted by atomic mass is 10.1. The number of carbonyl (C=O) groups is 1. The molecule has 0 aliphatic carbocycles. The van der Waals surface area contributed by atoms with E-state index in [1.54, 1.807) is 6.92 Å². The van der Waals surface area contributed by atoms with Gasteiger partial charge in [-0.1, -0.05) is 6.92 Å². The lowest BCUT2D eigenvalue weighted by Crippen LogP contribution is -2.42. The molecule has 2 N–H and O–H groups in total. The molecular formula is C11H21N3O. The third-order valence-electron chi connectivity index (χ3n) is 2.60. The summed E-state index contributed by atoms with van der Waals surface area (Å²) in [4.78, 5) is 17.9. The summed E-state index contributed by atoms with van der Waals surface area (Å²) in [5.74, 6) is 0.872. The van der Waals surface area contributed by atoms with Gasteiger partial charge in [0.25, 0.3) is 0 Å². The average Bonchev–Trinajstić information content (AvgIpc) is 2.17. The van der Waals surface area contributed by atoms with Gasteiger partial charge in [-0.05, 0) is 26.2 Å². The fourth-order valence-corrected chi connectivity index (χ4v) is 1.95. The molecule has 15 heavy (non-hydrogen) atoms. The van der Waals surface area contributed by atoms with Gasteiger partial charge < -0.3 is 10.6 Å². The zero-order chi connectivity index (χ0) is 11.3. The van der Waals surface area contributed by atoms with Crippen molar-refractivity contribution in [2.75, 3.05) is 13.1 Å². The predicted molar refractivity (Wildman–Crippen MR) is 61.8 cm³/mol. The normalized spacial score (nSPS) is 22.9. The molecule has 86 valence electrons. The number of carbonyl (C=O) groups excluding carboxylic acids is 1. The van der Waals surface area contributed by atoms with Crippen molar-refractivity contribution in [3.05, 3.63) is 0 Å². The molecule has 0 aromatic rings. The largest absolute Gasteiger partial charge is 0.388 e. The van der Waals surface area contributed by atoms with E-state index in [0.29, 0.717) is 12.3 Å². The SMILES string of the molecule is CCCC(=O)N1CCCC(N=C(C)N)C1. The van der Waals surface area contributed by atoms with Crippen molar-refractivity contribution in [3.8, 4) is 0 Å². The van der Waals surface area contributed by atoms with E-state index >= 15 is 0 Å². The number of likely N-dealkylation sites (tertiary alicyclic amines) is 1. The number of nitrogens with zero attached hydrogens (tertiary/aromatic N) is 2. The van der Waals surface area contributed by atoms with Crippen molar-refractivity contribution in [2.24, 2.45) is 10.7 Å². The summed E-state index contributed by atoms with van der Waals surface area (Å²) in [6.45, 7) is 5.45. The second-order valence-corrected chi connectivity index (χ2v) is 4.16. The molecule has 0 aromatic carbocycles. The number of nitrogens with two attached hydrogens (primary N) is 1. The molecule has 1 atom stereocenters. The quantitative estimate of drug-likeness (QED) is 0.562. The average molecular weight is 211 g/mol. The van der Waals surface area contributed by atoms with E-state index in [1.807, 2.05) is 11.8 Å². The van der Waals surface area contributed by atoms with Gasteiger partial charge in [0.05, 0.1) is 11.9 Å². The number of hydrogen-bond acceptors (Lipinski definition) is 2. The molecule has 1 aliphatic heterocycles. The maximum absolute atomic E-state index is 11.7. The Kier molecular flexibility index (Phi) is 4.59. The van der Waals surface area contributed by atoms with Crippen molar-refractivity contribution in [2.45, 2.75) is 45.6 Å². The minimum Gasteiger partial charge on any atom is -0.388 e. The molecule has 1 fully saturated rings. The first-order valence-corrected chi connectivity index (χ1v) is 5.71. The van der Waals surface area contributed by atoms with Crippen LogP contribution in [0.1, 0.15) is 39.5 Å². The Balaban J connectivity index is 2.48. The van der Waals surface area contributed by atoms with Crippen LogP contribution < -0.4 is 5.73 Å². The Bertz CT molecular complexity index is 246. The first-order chi connectivity index (χ1) is 7.13. The number of aliphatic imine (C=N–C) groups is 1. The number of amides is 1. The first kappa shape index (κ1) is 12.0. The topological polar surface area (TPSA) is 58.7 Å². The Hall–Kier alpha value is -1.06. The van der Waals surface area contributed by atoms with Crippen LogP contribution in [0.3, 0.4) is 0 Å². The van der Waals surface area contributed by atoms with Crippen LogP contribution in [0, 0.1) is 0 Å². The summed E-state index contributed by atoms with van der Waals surface area (Å²) in [5, 5.41) is 0. The van der Waals surface area contributed by atoms with Crippen LogP contribution in [0.25, 0.3) is 0 Å². The highest BCUT2D eigenvalue weighted by molar-refractivity contribution is 5.78. The van der Waals surface area contributed by atoms with Crippen LogP contribution in [0.5, 0.6) is 0 Å². The van der Waals surface area contributed by atoms with Crippen LogP contribution in [-0.4, -0.2) is 35.8 Å². The van der Waals surface area contributed by atoms with Gasteiger partial charge in [-0.15, -0.1) is 0 Å². The second kappa shape index (κ2) is 5.73. The summed E-state index contributed by atoms with van der Waals surface area (Å²) in [6, 6.07) is 0.213. The third kappa shape index (κ3) is 3.90. The summed E-state index contributed by atoms with van der Waals surface area (Å²) in [7, 11) is 0. The van der Waals surface area contributed by atoms with E-state index in [2.05, 4.69) is 4.99 Å². The molecule has 4 nitrogen and oxygen atoms in total. The smallest absolute Gasteiger partial charge is 0.222 e. The highest BCUT2D eigenvalue weighted by Gasteiger charge is 2.22. The fourth-order valence-electron chi connectivity index (χ4n) is 1.95. The first-order valence-electron chi connectivity index (χ1n) is 5.71. The van der Waals surface area contributed by atoms with Crippen molar-refractivity contribution in [1.29, 1.82) is 0 Å². The van der Waals surface area contributed by atoms with Crippen LogP contribution in [0.15, 0.2) is 4.99 Å². The molecule has 0 radical (unpaired) electrons. The predicted octanol–water partition coefficient (Wildman–Crippen LogP) is 1.15. The van der Waals surface area contributed by atoms with Gasteiger partial charge in [0, 0.05) is 19.5 Å². The Morgan fingerprint density at radius 1 is 1.60 bits per heavy atom.